The predicted octanol–water partition coefficient (Wildman–Crippen LogP) is 2.52. The third-order valence-corrected chi connectivity index (χ3v) is 6.87. The van der Waals surface area contributed by atoms with Gasteiger partial charge in [-0.1, -0.05) is 25.1 Å². The lowest BCUT2D eigenvalue weighted by molar-refractivity contribution is -0.135. The van der Waals surface area contributed by atoms with Crippen molar-refractivity contribution >= 4 is 28.8 Å². The van der Waals surface area contributed by atoms with E-state index in [-0.39, 0.29) is 17.9 Å². The van der Waals surface area contributed by atoms with Crippen LogP contribution in [-0.2, 0) is 16.1 Å². The second-order valence-electron chi connectivity index (χ2n) is 7.98. The quantitative estimate of drug-likeness (QED) is 0.683. The first-order chi connectivity index (χ1) is 14.7. The van der Waals surface area contributed by atoms with Gasteiger partial charge >= 0.3 is 0 Å². The number of hydrogen-bond acceptors (Lipinski definition) is 5. The van der Waals surface area contributed by atoms with Crippen molar-refractivity contribution in [1.29, 1.82) is 0 Å². The standard InChI is InChI=1S/C23H30N4O2S/c1-2-25(21-8-10-27(23(21)29)20-6-4-3-5-7-20)17-22(28)26-13-11-24(12-14-26)16-19-9-15-30-18-19/h3-7,9,15,18,21H,2,8,10-14,16-17H2,1H3. The van der Waals surface area contributed by atoms with Crippen molar-refractivity contribution in [2.45, 2.75) is 25.9 Å². The SMILES string of the molecule is CCN(CC(=O)N1CCN(Cc2ccsc2)CC1)C1CCN(c2ccccc2)C1=O. The Morgan fingerprint density at radius 3 is 2.53 bits per heavy atom. The van der Waals surface area contributed by atoms with Crippen LogP contribution < -0.4 is 4.90 Å². The number of para-hydroxylation sites is 1. The molecule has 0 aliphatic carbocycles. The lowest BCUT2D eigenvalue weighted by Gasteiger charge is -2.36. The Bertz CT molecular complexity index is 834. The van der Waals surface area contributed by atoms with Crippen molar-refractivity contribution in [2.24, 2.45) is 0 Å². The molecule has 2 aliphatic heterocycles. The molecule has 2 aromatic rings. The topological polar surface area (TPSA) is 47.1 Å². The molecule has 1 atom stereocenters. The second kappa shape index (κ2) is 9.73. The number of piperazine rings is 1. The molecule has 2 aliphatic rings. The van der Waals surface area contributed by atoms with E-state index in [1.807, 2.05) is 52.0 Å². The van der Waals surface area contributed by atoms with Crippen molar-refractivity contribution in [3.63, 3.8) is 0 Å². The number of carbonyl (C=O) groups excluding carboxylic acids is 2. The highest BCUT2D eigenvalue weighted by atomic mass is 32.1. The Labute approximate surface area is 182 Å². The summed E-state index contributed by atoms with van der Waals surface area (Å²) in [5.74, 6) is 0.245. The Balaban J connectivity index is 1.29. The molecule has 2 amide bonds. The van der Waals surface area contributed by atoms with E-state index in [0.717, 1.165) is 44.8 Å². The van der Waals surface area contributed by atoms with Gasteiger partial charge in [-0.3, -0.25) is 19.4 Å². The van der Waals surface area contributed by atoms with Crippen LogP contribution in [0.25, 0.3) is 0 Å². The number of nitrogens with zero attached hydrogens (tertiary/aromatic N) is 4. The van der Waals surface area contributed by atoms with E-state index in [4.69, 9.17) is 0 Å². The van der Waals surface area contributed by atoms with Gasteiger partial charge in [0, 0.05) is 45.0 Å². The fourth-order valence-corrected chi connectivity index (χ4v) is 5.04. The minimum Gasteiger partial charge on any atom is -0.339 e. The van der Waals surface area contributed by atoms with Gasteiger partial charge in [-0.15, -0.1) is 0 Å². The lowest BCUT2D eigenvalue weighted by atomic mass is 10.2. The Kier molecular flexibility index (Phi) is 6.82. The Morgan fingerprint density at radius 2 is 1.87 bits per heavy atom. The van der Waals surface area contributed by atoms with Gasteiger partial charge in [0.2, 0.25) is 11.8 Å². The van der Waals surface area contributed by atoms with Crippen LogP contribution in [0.1, 0.15) is 18.9 Å². The molecule has 6 nitrogen and oxygen atoms in total. The maximum Gasteiger partial charge on any atom is 0.244 e. The summed E-state index contributed by atoms with van der Waals surface area (Å²) in [6.07, 6.45) is 0.767. The van der Waals surface area contributed by atoms with Crippen LogP contribution in [-0.4, -0.2) is 78.4 Å². The predicted molar refractivity (Wildman–Crippen MR) is 121 cm³/mol. The van der Waals surface area contributed by atoms with Crippen LogP contribution in [0.2, 0.25) is 0 Å². The van der Waals surface area contributed by atoms with E-state index in [2.05, 4.69) is 21.7 Å². The van der Waals surface area contributed by atoms with E-state index in [9.17, 15) is 9.59 Å². The molecule has 0 spiro atoms. The van der Waals surface area contributed by atoms with E-state index in [1.54, 1.807) is 11.3 Å². The first-order valence-electron chi connectivity index (χ1n) is 10.8. The van der Waals surface area contributed by atoms with E-state index >= 15 is 0 Å². The van der Waals surface area contributed by atoms with Gasteiger partial charge in [0.25, 0.3) is 0 Å². The molecule has 0 saturated carbocycles. The molecule has 1 unspecified atom stereocenters. The van der Waals surface area contributed by atoms with Crippen LogP contribution in [0.4, 0.5) is 5.69 Å². The van der Waals surface area contributed by atoms with Gasteiger partial charge in [-0.05, 0) is 47.5 Å². The van der Waals surface area contributed by atoms with Crippen molar-refractivity contribution in [1.82, 2.24) is 14.7 Å². The third kappa shape index (κ3) is 4.74. The fourth-order valence-electron chi connectivity index (χ4n) is 4.38. The van der Waals surface area contributed by atoms with Gasteiger partial charge in [0.1, 0.15) is 0 Å². The zero-order valence-corrected chi connectivity index (χ0v) is 18.4. The van der Waals surface area contributed by atoms with E-state index in [0.29, 0.717) is 19.6 Å². The zero-order chi connectivity index (χ0) is 20.9. The first kappa shape index (κ1) is 21.0. The normalized spacial score (nSPS) is 20.3. The fraction of sp³-hybridized carbons (Fsp3) is 0.478. The highest BCUT2D eigenvalue weighted by Gasteiger charge is 2.37. The van der Waals surface area contributed by atoms with Crippen LogP contribution in [0.15, 0.2) is 47.2 Å². The molecular formula is C23H30N4O2S. The Hall–Kier alpha value is -2.22. The minimum absolute atomic E-state index is 0.108. The molecule has 0 bridgehead atoms. The number of amides is 2. The van der Waals surface area contributed by atoms with Crippen molar-refractivity contribution in [3.8, 4) is 0 Å². The van der Waals surface area contributed by atoms with E-state index in [1.165, 1.54) is 5.56 Å². The highest BCUT2D eigenvalue weighted by Crippen LogP contribution is 2.24. The molecule has 2 fully saturated rings. The second-order valence-corrected chi connectivity index (χ2v) is 8.76. The van der Waals surface area contributed by atoms with Gasteiger partial charge < -0.3 is 9.80 Å². The molecule has 1 aromatic carbocycles. The van der Waals surface area contributed by atoms with Crippen LogP contribution in [0, 0.1) is 0 Å². The van der Waals surface area contributed by atoms with Crippen LogP contribution in [0.3, 0.4) is 0 Å². The third-order valence-electron chi connectivity index (χ3n) is 6.14. The van der Waals surface area contributed by atoms with Gasteiger partial charge in [0.05, 0.1) is 12.6 Å². The summed E-state index contributed by atoms with van der Waals surface area (Å²) in [6.45, 7) is 8.03. The number of thiophene rings is 1. The van der Waals surface area contributed by atoms with E-state index < -0.39 is 0 Å². The molecule has 0 N–H and O–H groups in total. The van der Waals surface area contributed by atoms with Crippen LogP contribution >= 0.6 is 11.3 Å². The number of benzene rings is 1. The summed E-state index contributed by atoms with van der Waals surface area (Å²) in [5.41, 5.74) is 2.29. The summed E-state index contributed by atoms with van der Waals surface area (Å²) in [7, 11) is 0. The smallest absolute Gasteiger partial charge is 0.244 e. The average Bonchev–Trinajstić information content (AvgIpc) is 3.43. The van der Waals surface area contributed by atoms with Crippen molar-refractivity contribution < 1.29 is 9.59 Å². The van der Waals surface area contributed by atoms with Gasteiger partial charge in [-0.25, -0.2) is 0 Å². The monoisotopic (exact) mass is 426 g/mol. The Morgan fingerprint density at radius 1 is 1.10 bits per heavy atom. The summed E-state index contributed by atoms with van der Waals surface area (Å²) < 4.78 is 0. The maximum absolute atomic E-state index is 13.0. The molecule has 0 radical (unpaired) electrons. The molecule has 160 valence electrons. The van der Waals surface area contributed by atoms with Gasteiger partial charge in [-0.2, -0.15) is 11.3 Å². The molecule has 4 rings (SSSR count). The summed E-state index contributed by atoms with van der Waals surface area (Å²) in [5, 5.41) is 4.30. The number of likely N-dealkylation sites (N-methyl/N-ethyl adjacent to an activating group) is 1. The summed E-state index contributed by atoms with van der Waals surface area (Å²) in [6, 6.07) is 11.8. The molecule has 1 aromatic heterocycles. The first-order valence-corrected chi connectivity index (χ1v) is 11.7. The van der Waals surface area contributed by atoms with Crippen molar-refractivity contribution in [3.05, 3.63) is 52.7 Å². The molecule has 30 heavy (non-hydrogen) atoms. The zero-order valence-electron chi connectivity index (χ0n) is 17.6. The number of carbonyl (C=O) groups is 2. The maximum atomic E-state index is 13.0. The van der Waals surface area contributed by atoms with Crippen LogP contribution in [0.5, 0.6) is 0 Å². The highest BCUT2D eigenvalue weighted by molar-refractivity contribution is 7.07. The number of anilines is 1. The number of hydrogen-bond donors (Lipinski definition) is 0. The summed E-state index contributed by atoms with van der Waals surface area (Å²) >= 11 is 1.73. The largest absolute Gasteiger partial charge is 0.339 e. The van der Waals surface area contributed by atoms with Gasteiger partial charge in [0.15, 0.2) is 0 Å². The molecule has 2 saturated heterocycles. The molecule has 7 heteroatoms. The minimum atomic E-state index is -0.209. The average molecular weight is 427 g/mol. The summed E-state index contributed by atoms with van der Waals surface area (Å²) in [4.78, 5) is 34.2. The molecule has 3 heterocycles. The lowest BCUT2D eigenvalue weighted by Crippen LogP contribution is -2.52. The van der Waals surface area contributed by atoms with Crippen molar-refractivity contribution in [2.75, 3.05) is 50.7 Å². The molecular weight excluding hydrogens is 396 g/mol. The number of rotatable bonds is 7.